The van der Waals surface area contributed by atoms with E-state index in [4.69, 9.17) is 4.42 Å². The van der Waals surface area contributed by atoms with E-state index in [1.54, 1.807) is 13.0 Å². The van der Waals surface area contributed by atoms with Gasteiger partial charge in [0.05, 0.1) is 19.8 Å². The van der Waals surface area contributed by atoms with Gasteiger partial charge in [-0.3, -0.25) is 0 Å². The molecule has 0 saturated carbocycles. The minimum absolute atomic E-state index is 0.163. The highest BCUT2D eigenvalue weighted by Gasteiger charge is 2.21. The quantitative estimate of drug-likeness (QED) is 0.798. The number of aryl methyl sites for hydroxylation is 1. The van der Waals surface area contributed by atoms with Crippen LogP contribution in [0.3, 0.4) is 0 Å². The van der Waals surface area contributed by atoms with Crippen molar-refractivity contribution >= 4 is 5.97 Å². The number of ether oxygens (including phenoxy) is 1. The predicted molar refractivity (Wildman–Crippen MR) is 72.0 cm³/mol. The molecule has 0 aliphatic rings. The Balaban J connectivity index is 2.53. The van der Waals surface area contributed by atoms with Crippen molar-refractivity contribution in [3.05, 3.63) is 23.2 Å². The largest absolute Gasteiger partial charge is 0.465 e. The van der Waals surface area contributed by atoms with E-state index in [0.29, 0.717) is 30.2 Å². The van der Waals surface area contributed by atoms with Crippen LogP contribution in [0.5, 0.6) is 0 Å². The van der Waals surface area contributed by atoms with Gasteiger partial charge in [0.25, 0.3) is 0 Å². The number of carbonyl (C=O) groups excluding carboxylic acids is 1. The molecule has 1 aromatic heterocycles. The zero-order valence-electron chi connectivity index (χ0n) is 12.2. The molecule has 5 nitrogen and oxygen atoms in total. The van der Waals surface area contributed by atoms with Gasteiger partial charge >= 0.3 is 5.97 Å². The third-order valence-corrected chi connectivity index (χ3v) is 3.01. The fourth-order valence-corrected chi connectivity index (χ4v) is 1.58. The highest BCUT2D eigenvalue weighted by atomic mass is 16.5. The van der Waals surface area contributed by atoms with E-state index < -0.39 is 12.1 Å². The molecule has 5 heteroatoms. The van der Waals surface area contributed by atoms with E-state index in [0.717, 1.165) is 0 Å². The fourth-order valence-electron chi connectivity index (χ4n) is 1.58. The third kappa shape index (κ3) is 4.36. The van der Waals surface area contributed by atoms with E-state index in [-0.39, 0.29) is 5.41 Å². The molecule has 0 aliphatic heterocycles. The van der Waals surface area contributed by atoms with Gasteiger partial charge in [0.2, 0.25) is 0 Å². The van der Waals surface area contributed by atoms with Gasteiger partial charge < -0.3 is 19.6 Å². The molecule has 1 unspecified atom stereocenters. The Morgan fingerprint density at radius 1 is 1.53 bits per heavy atom. The summed E-state index contributed by atoms with van der Waals surface area (Å²) in [5.41, 5.74) is 0.277. The van der Waals surface area contributed by atoms with Crippen molar-refractivity contribution in [2.75, 3.05) is 13.7 Å². The molecule has 0 spiro atoms. The van der Waals surface area contributed by atoms with Crippen LogP contribution in [0.4, 0.5) is 0 Å². The predicted octanol–water partition coefficient (Wildman–Crippen LogP) is 1.87. The number of nitrogens with one attached hydrogen (secondary N) is 1. The van der Waals surface area contributed by atoms with Crippen LogP contribution in [0, 0.1) is 12.3 Å². The molecule has 0 aliphatic carbocycles. The highest BCUT2D eigenvalue weighted by Crippen LogP contribution is 2.19. The molecular formula is C14H23NO4. The number of hydrogen-bond acceptors (Lipinski definition) is 5. The normalized spacial score (nSPS) is 13.4. The molecule has 0 bridgehead atoms. The summed E-state index contributed by atoms with van der Waals surface area (Å²) in [6.07, 6.45) is -0.441. The van der Waals surface area contributed by atoms with Gasteiger partial charge in [0.1, 0.15) is 17.1 Å². The lowest BCUT2D eigenvalue weighted by molar-refractivity contribution is 0.0598. The van der Waals surface area contributed by atoms with E-state index in [2.05, 4.69) is 10.1 Å². The van der Waals surface area contributed by atoms with Gasteiger partial charge in [-0.25, -0.2) is 4.79 Å². The lowest BCUT2D eigenvalue weighted by atomic mass is 9.89. The van der Waals surface area contributed by atoms with Crippen LogP contribution in [0.1, 0.15) is 42.6 Å². The highest BCUT2D eigenvalue weighted by molar-refractivity contribution is 5.90. The summed E-state index contributed by atoms with van der Waals surface area (Å²) in [5, 5.41) is 13.0. The van der Waals surface area contributed by atoms with E-state index >= 15 is 0 Å². The molecule has 0 radical (unpaired) electrons. The minimum atomic E-state index is -0.441. The van der Waals surface area contributed by atoms with Crippen LogP contribution in [-0.4, -0.2) is 30.8 Å². The Labute approximate surface area is 113 Å². The second-order valence-corrected chi connectivity index (χ2v) is 5.69. The molecule has 1 heterocycles. The Kier molecular flexibility index (Phi) is 5.14. The van der Waals surface area contributed by atoms with Crippen LogP contribution in [-0.2, 0) is 11.3 Å². The first-order chi connectivity index (χ1) is 8.75. The molecular weight excluding hydrogens is 246 g/mol. The number of aliphatic hydroxyl groups is 1. The first-order valence-corrected chi connectivity index (χ1v) is 6.32. The molecule has 1 rings (SSSR count). The van der Waals surface area contributed by atoms with Gasteiger partial charge in [-0.05, 0) is 18.4 Å². The molecule has 108 valence electrons. The zero-order valence-corrected chi connectivity index (χ0v) is 12.2. The van der Waals surface area contributed by atoms with Crippen molar-refractivity contribution in [1.82, 2.24) is 5.32 Å². The molecule has 2 N–H and O–H groups in total. The van der Waals surface area contributed by atoms with Gasteiger partial charge in [0.15, 0.2) is 0 Å². The number of aliphatic hydroxyl groups excluding tert-OH is 1. The second kappa shape index (κ2) is 6.21. The summed E-state index contributed by atoms with van der Waals surface area (Å²) < 4.78 is 10.1. The van der Waals surface area contributed by atoms with Gasteiger partial charge in [0, 0.05) is 6.54 Å². The van der Waals surface area contributed by atoms with Crippen molar-refractivity contribution < 1.29 is 19.1 Å². The maximum absolute atomic E-state index is 11.4. The van der Waals surface area contributed by atoms with Crippen molar-refractivity contribution in [3.8, 4) is 0 Å². The SMILES string of the molecule is COC(=O)c1cc(CNCC(O)C(C)(C)C)oc1C. The van der Waals surface area contributed by atoms with E-state index in [1.165, 1.54) is 7.11 Å². The van der Waals surface area contributed by atoms with E-state index in [1.807, 2.05) is 20.8 Å². The number of furan rings is 1. The fraction of sp³-hybridized carbons (Fsp3) is 0.643. The van der Waals surface area contributed by atoms with Gasteiger partial charge in [-0.15, -0.1) is 0 Å². The maximum Gasteiger partial charge on any atom is 0.341 e. The minimum Gasteiger partial charge on any atom is -0.465 e. The van der Waals surface area contributed by atoms with Gasteiger partial charge in [-0.2, -0.15) is 0 Å². The van der Waals surface area contributed by atoms with Crippen molar-refractivity contribution in [2.45, 2.75) is 40.3 Å². The Bertz CT molecular complexity index is 431. The lowest BCUT2D eigenvalue weighted by Gasteiger charge is -2.25. The van der Waals surface area contributed by atoms with Crippen LogP contribution < -0.4 is 5.32 Å². The molecule has 0 aromatic carbocycles. The van der Waals surface area contributed by atoms with Crippen molar-refractivity contribution in [2.24, 2.45) is 5.41 Å². The number of hydrogen-bond donors (Lipinski definition) is 2. The lowest BCUT2D eigenvalue weighted by Crippen LogP contribution is -2.36. The van der Waals surface area contributed by atoms with Crippen LogP contribution in [0.15, 0.2) is 10.5 Å². The molecule has 1 atom stereocenters. The van der Waals surface area contributed by atoms with Crippen LogP contribution in [0.25, 0.3) is 0 Å². The monoisotopic (exact) mass is 269 g/mol. The third-order valence-electron chi connectivity index (χ3n) is 3.01. The van der Waals surface area contributed by atoms with Crippen LogP contribution >= 0.6 is 0 Å². The standard InChI is InChI=1S/C14H23NO4/c1-9-11(13(17)18-5)6-10(19-9)7-15-8-12(16)14(2,3)4/h6,12,15-16H,7-8H2,1-5H3. The summed E-state index contributed by atoms with van der Waals surface area (Å²) in [4.78, 5) is 11.4. The Morgan fingerprint density at radius 2 is 2.16 bits per heavy atom. The summed E-state index contributed by atoms with van der Waals surface area (Å²) >= 11 is 0. The topological polar surface area (TPSA) is 71.7 Å². The Morgan fingerprint density at radius 3 is 2.68 bits per heavy atom. The van der Waals surface area contributed by atoms with Crippen molar-refractivity contribution in [3.63, 3.8) is 0 Å². The molecule has 0 saturated heterocycles. The molecule has 0 amide bonds. The summed E-state index contributed by atoms with van der Waals surface area (Å²) in [7, 11) is 1.34. The van der Waals surface area contributed by atoms with Crippen LogP contribution in [0.2, 0.25) is 0 Å². The zero-order chi connectivity index (χ0) is 14.6. The number of methoxy groups -OCH3 is 1. The number of esters is 1. The number of carbonyl (C=O) groups is 1. The van der Waals surface area contributed by atoms with Crippen molar-refractivity contribution in [1.29, 1.82) is 0 Å². The molecule has 19 heavy (non-hydrogen) atoms. The first kappa shape index (κ1) is 15.7. The summed E-state index contributed by atoms with van der Waals surface area (Å²) in [5.74, 6) is 0.793. The average Bonchev–Trinajstić information content (AvgIpc) is 2.68. The summed E-state index contributed by atoms with van der Waals surface area (Å²) in [6.45, 7) is 8.59. The van der Waals surface area contributed by atoms with Gasteiger partial charge in [-0.1, -0.05) is 20.8 Å². The first-order valence-electron chi connectivity index (χ1n) is 6.32. The average molecular weight is 269 g/mol. The molecule has 1 aromatic rings. The molecule has 0 fully saturated rings. The maximum atomic E-state index is 11.4. The summed E-state index contributed by atoms with van der Waals surface area (Å²) in [6, 6.07) is 1.66. The second-order valence-electron chi connectivity index (χ2n) is 5.69. The number of rotatable bonds is 5. The van der Waals surface area contributed by atoms with E-state index in [9.17, 15) is 9.90 Å². The Hall–Kier alpha value is -1.33. The smallest absolute Gasteiger partial charge is 0.341 e.